The van der Waals surface area contributed by atoms with E-state index >= 15 is 0 Å². The van der Waals surface area contributed by atoms with Crippen LogP contribution in [0.2, 0.25) is 0 Å². The molecule has 2 atom stereocenters. The number of carbonyl (C=O) groups excluding carboxylic acids is 1. The van der Waals surface area contributed by atoms with Crippen LogP contribution in [-0.4, -0.2) is 46.8 Å². The molecular formula is C21H31ClN4O. The van der Waals surface area contributed by atoms with Crippen molar-refractivity contribution >= 4 is 18.3 Å². The Bertz CT molecular complexity index is 716. The normalized spacial score (nSPS) is 19.1. The Kier molecular flexibility index (Phi) is 7.87. The maximum atomic E-state index is 13.4. The topological polar surface area (TPSA) is 50.2 Å². The summed E-state index contributed by atoms with van der Waals surface area (Å²) in [7, 11) is 1.92. The molecule has 0 spiro atoms. The Morgan fingerprint density at radius 2 is 2.04 bits per heavy atom. The highest BCUT2D eigenvalue weighted by atomic mass is 35.5. The smallest absolute Gasteiger partial charge is 0.227 e. The summed E-state index contributed by atoms with van der Waals surface area (Å²) < 4.78 is 1.82. The molecule has 1 aromatic carbocycles. The number of amides is 1. The van der Waals surface area contributed by atoms with Crippen LogP contribution >= 0.6 is 12.4 Å². The van der Waals surface area contributed by atoms with Gasteiger partial charge in [0.2, 0.25) is 5.91 Å². The number of halogens is 1. The van der Waals surface area contributed by atoms with Crippen molar-refractivity contribution in [2.24, 2.45) is 18.9 Å². The second-order valence-electron chi connectivity index (χ2n) is 7.73. The molecule has 0 bridgehead atoms. The summed E-state index contributed by atoms with van der Waals surface area (Å²) in [6.45, 7) is 7.52. The summed E-state index contributed by atoms with van der Waals surface area (Å²) in [5.74, 6) is 0.936. The minimum Gasteiger partial charge on any atom is -0.342 e. The Morgan fingerprint density at radius 3 is 2.67 bits per heavy atom. The number of rotatable bonds is 7. The van der Waals surface area contributed by atoms with Crippen molar-refractivity contribution in [2.45, 2.75) is 26.2 Å². The predicted molar refractivity (Wildman–Crippen MR) is 111 cm³/mol. The highest BCUT2D eigenvalue weighted by Crippen LogP contribution is 2.29. The van der Waals surface area contributed by atoms with Gasteiger partial charge in [-0.05, 0) is 23.5 Å². The lowest BCUT2D eigenvalue weighted by molar-refractivity contribution is -0.135. The molecule has 2 aromatic rings. The molecule has 0 unspecified atom stereocenters. The Hall–Kier alpha value is -1.85. The first-order chi connectivity index (χ1) is 12.5. The lowest BCUT2D eigenvalue weighted by Crippen LogP contribution is -2.42. The fraction of sp³-hybridized carbons (Fsp3) is 0.524. The molecule has 0 aliphatic carbocycles. The van der Waals surface area contributed by atoms with Gasteiger partial charge in [-0.25, -0.2) is 0 Å². The molecule has 1 amide bonds. The van der Waals surface area contributed by atoms with Crippen LogP contribution in [-0.2, 0) is 18.3 Å². The van der Waals surface area contributed by atoms with Crippen molar-refractivity contribution < 1.29 is 4.79 Å². The Labute approximate surface area is 168 Å². The number of carbonyl (C=O) groups is 1. The Balaban J connectivity index is 0.00000261. The molecule has 0 saturated carbocycles. The first kappa shape index (κ1) is 21.5. The molecule has 5 nitrogen and oxygen atoms in total. The van der Waals surface area contributed by atoms with Gasteiger partial charge in [0.05, 0.1) is 12.1 Å². The van der Waals surface area contributed by atoms with E-state index < -0.39 is 0 Å². The van der Waals surface area contributed by atoms with Gasteiger partial charge in [0.15, 0.2) is 0 Å². The average molecular weight is 391 g/mol. The standard InChI is InChI=1S/C21H30N4O.ClH/c1-16(2)14-25(10-9-17-7-5-4-6-8-17)21(26)20-13-22-12-19(20)18-11-23-24(3)15-18;/h4-8,11,15-16,19-20,22H,9-10,12-14H2,1-3H3;1H/t19-,20+;/m1./s1. The van der Waals surface area contributed by atoms with Crippen LogP contribution in [0, 0.1) is 11.8 Å². The third-order valence-corrected chi connectivity index (χ3v) is 5.09. The minimum atomic E-state index is -0.00581. The van der Waals surface area contributed by atoms with Crippen molar-refractivity contribution in [2.75, 3.05) is 26.2 Å². The zero-order chi connectivity index (χ0) is 18.5. The van der Waals surface area contributed by atoms with E-state index in [1.54, 1.807) is 0 Å². The van der Waals surface area contributed by atoms with Gasteiger partial charge in [0.25, 0.3) is 0 Å². The summed E-state index contributed by atoms with van der Waals surface area (Å²) in [5.41, 5.74) is 2.44. The minimum absolute atomic E-state index is 0. The van der Waals surface area contributed by atoms with Crippen LogP contribution in [0.3, 0.4) is 0 Å². The molecule has 0 radical (unpaired) electrons. The van der Waals surface area contributed by atoms with Gasteiger partial charge in [-0.3, -0.25) is 9.48 Å². The first-order valence-electron chi connectivity index (χ1n) is 9.56. The maximum absolute atomic E-state index is 13.4. The molecule has 3 rings (SSSR count). The largest absolute Gasteiger partial charge is 0.342 e. The molecule has 1 N–H and O–H groups in total. The van der Waals surface area contributed by atoms with Crippen LogP contribution < -0.4 is 5.32 Å². The lowest BCUT2D eigenvalue weighted by atomic mass is 9.89. The third-order valence-electron chi connectivity index (χ3n) is 5.09. The summed E-state index contributed by atoms with van der Waals surface area (Å²) in [6.07, 6.45) is 4.83. The number of aromatic nitrogens is 2. The number of benzene rings is 1. The van der Waals surface area contributed by atoms with Crippen LogP contribution in [0.4, 0.5) is 0 Å². The predicted octanol–water partition coefficient (Wildman–Crippen LogP) is 2.87. The number of hydrogen-bond acceptors (Lipinski definition) is 3. The van der Waals surface area contributed by atoms with E-state index in [1.165, 1.54) is 5.56 Å². The van der Waals surface area contributed by atoms with E-state index in [2.05, 4.69) is 53.4 Å². The highest BCUT2D eigenvalue weighted by molar-refractivity contribution is 5.85. The highest BCUT2D eigenvalue weighted by Gasteiger charge is 2.37. The Morgan fingerprint density at radius 1 is 1.30 bits per heavy atom. The van der Waals surface area contributed by atoms with Gasteiger partial charge >= 0.3 is 0 Å². The SMILES string of the molecule is CC(C)CN(CCc1ccccc1)C(=O)[C@H]1CNC[C@@H]1c1cnn(C)c1.Cl. The van der Waals surface area contributed by atoms with Gasteiger partial charge in [0.1, 0.15) is 0 Å². The molecule has 1 aliphatic heterocycles. The second kappa shape index (κ2) is 9.90. The fourth-order valence-corrected chi connectivity index (χ4v) is 3.80. The number of hydrogen-bond donors (Lipinski definition) is 1. The summed E-state index contributed by atoms with van der Waals surface area (Å²) in [5, 5.41) is 7.70. The molecule has 1 aliphatic rings. The van der Waals surface area contributed by atoms with Crippen molar-refractivity contribution in [3.05, 3.63) is 53.9 Å². The zero-order valence-electron chi connectivity index (χ0n) is 16.5. The molecule has 148 valence electrons. The van der Waals surface area contributed by atoms with E-state index in [0.717, 1.165) is 38.2 Å². The van der Waals surface area contributed by atoms with Gasteiger partial charge < -0.3 is 10.2 Å². The number of aryl methyl sites for hydroxylation is 1. The summed E-state index contributed by atoms with van der Waals surface area (Å²) in [6, 6.07) is 10.4. The van der Waals surface area contributed by atoms with Crippen LogP contribution in [0.25, 0.3) is 0 Å². The van der Waals surface area contributed by atoms with Gasteiger partial charge in [-0.15, -0.1) is 12.4 Å². The van der Waals surface area contributed by atoms with Gasteiger partial charge in [-0.1, -0.05) is 44.2 Å². The molecule has 1 fully saturated rings. The maximum Gasteiger partial charge on any atom is 0.227 e. The number of nitrogens with one attached hydrogen (secondary N) is 1. The lowest BCUT2D eigenvalue weighted by Gasteiger charge is -2.29. The zero-order valence-corrected chi connectivity index (χ0v) is 17.3. The quantitative estimate of drug-likeness (QED) is 0.790. The molecule has 6 heteroatoms. The molecule has 1 saturated heterocycles. The van der Waals surface area contributed by atoms with Crippen LogP contribution in [0.15, 0.2) is 42.7 Å². The van der Waals surface area contributed by atoms with Crippen molar-refractivity contribution in [1.29, 1.82) is 0 Å². The van der Waals surface area contributed by atoms with E-state index in [-0.39, 0.29) is 30.2 Å². The van der Waals surface area contributed by atoms with Crippen LogP contribution in [0.1, 0.15) is 30.9 Å². The van der Waals surface area contributed by atoms with Crippen molar-refractivity contribution in [3.8, 4) is 0 Å². The average Bonchev–Trinajstić information content (AvgIpc) is 3.27. The monoisotopic (exact) mass is 390 g/mol. The summed E-state index contributed by atoms with van der Waals surface area (Å²) in [4.78, 5) is 15.4. The fourth-order valence-electron chi connectivity index (χ4n) is 3.80. The first-order valence-corrected chi connectivity index (χ1v) is 9.56. The third kappa shape index (κ3) is 5.56. The number of nitrogens with zero attached hydrogens (tertiary/aromatic N) is 3. The summed E-state index contributed by atoms with van der Waals surface area (Å²) >= 11 is 0. The van der Waals surface area contributed by atoms with Gasteiger partial charge in [-0.2, -0.15) is 5.10 Å². The van der Waals surface area contributed by atoms with Gasteiger partial charge in [0, 0.05) is 45.3 Å². The molecule has 1 aromatic heterocycles. The van der Waals surface area contributed by atoms with Crippen LogP contribution in [0.5, 0.6) is 0 Å². The van der Waals surface area contributed by atoms with E-state index in [9.17, 15) is 4.79 Å². The van der Waals surface area contributed by atoms with Crippen molar-refractivity contribution in [1.82, 2.24) is 20.0 Å². The second-order valence-corrected chi connectivity index (χ2v) is 7.73. The van der Waals surface area contributed by atoms with E-state index in [0.29, 0.717) is 5.92 Å². The molecule has 27 heavy (non-hydrogen) atoms. The molecule has 2 heterocycles. The van der Waals surface area contributed by atoms with E-state index in [1.807, 2.05) is 30.2 Å². The van der Waals surface area contributed by atoms with E-state index in [4.69, 9.17) is 0 Å². The van der Waals surface area contributed by atoms with Crippen molar-refractivity contribution in [3.63, 3.8) is 0 Å². The molecular weight excluding hydrogens is 360 g/mol.